The van der Waals surface area contributed by atoms with E-state index in [1.807, 2.05) is 18.6 Å². The molecule has 1 aliphatic rings. The molecule has 1 aromatic carbocycles. The molecular formula is C23H30N4S. The van der Waals surface area contributed by atoms with Crippen molar-refractivity contribution in [1.82, 2.24) is 10.3 Å². The molecule has 0 spiro atoms. The summed E-state index contributed by atoms with van der Waals surface area (Å²) in [6, 6.07) is 4.43. The number of rotatable bonds is 5. The number of benzene rings is 1. The molecule has 0 amide bonds. The smallest absolute Gasteiger partial charge is 0.130 e. The van der Waals surface area contributed by atoms with E-state index in [0.29, 0.717) is 5.84 Å². The van der Waals surface area contributed by atoms with E-state index in [1.54, 1.807) is 11.3 Å². The lowest BCUT2D eigenvalue weighted by atomic mass is 9.94. The van der Waals surface area contributed by atoms with E-state index in [1.165, 1.54) is 22.4 Å². The molecular weight excluding hydrogens is 364 g/mol. The van der Waals surface area contributed by atoms with Crippen molar-refractivity contribution in [2.45, 2.75) is 47.0 Å². The van der Waals surface area contributed by atoms with Gasteiger partial charge in [-0.15, -0.1) is 11.3 Å². The Morgan fingerprint density at radius 1 is 1.29 bits per heavy atom. The minimum atomic E-state index is 0.601. The van der Waals surface area contributed by atoms with Crippen molar-refractivity contribution in [1.29, 1.82) is 5.41 Å². The van der Waals surface area contributed by atoms with Gasteiger partial charge in [-0.25, -0.2) is 4.98 Å². The van der Waals surface area contributed by atoms with Crippen molar-refractivity contribution < 1.29 is 0 Å². The van der Waals surface area contributed by atoms with Crippen molar-refractivity contribution in [3.8, 4) is 0 Å². The third-order valence-electron chi connectivity index (χ3n) is 5.16. The van der Waals surface area contributed by atoms with E-state index in [9.17, 15) is 0 Å². The van der Waals surface area contributed by atoms with Gasteiger partial charge >= 0.3 is 0 Å². The fraction of sp³-hybridized carbons (Fsp3) is 0.391. The highest BCUT2D eigenvalue weighted by Crippen LogP contribution is 2.34. The maximum atomic E-state index is 9.06. The highest BCUT2D eigenvalue weighted by Gasteiger charge is 2.27. The number of nitrogens with zero attached hydrogens (tertiary/aromatic N) is 2. The molecule has 0 aliphatic carbocycles. The van der Waals surface area contributed by atoms with Crippen LogP contribution in [0.3, 0.4) is 0 Å². The third kappa shape index (κ3) is 3.90. The quantitative estimate of drug-likeness (QED) is 0.693. The Balaban J connectivity index is 2.09. The number of piperidine rings is 1. The molecule has 0 bridgehead atoms. The number of anilines is 1. The second-order valence-corrected chi connectivity index (χ2v) is 8.21. The Kier molecular flexibility index (Phi) is 6.35. The largest absolute Gasteiger partial charge is 0.387 e. The van der Waals surface area contributed by atoms with Crippen LogP contribution >= 0.6 is 11.3 Å². The van der Waals surface area contributed by atoms with Crippen molar-refractivity contribution in [2.24, 2.45) is 0 Å². The summed E-state index contributed by atoms with van der Waals surface area (Å²) in [6.07, 6.45) is 6.93. The standard InChI is InChI=1S/C23H30N4S/c1-6-8-19(23-26-10-12-28-23)20(25-5)18-9-7-11-27(22(18)24)21-16(3)13-15(2)14-17(21)4/h8,10,12-14,24-25H,6-7,9,11H2,1-5H3/b19-8+,20-18-,24-22?. The summed E-state index contributed by atoms with van der Waals surface area (Å²) in [5, 5.41) is 15.5. The molecule has 5 heteroatoms. The fourth-order valence-corrected chi connectivity index (χ4v) is 4.86. The Hall–Kier alpha value is -2.40. The molecule has 0 unspecified atom stereocenters. The van der Waals surface area contributed by atoms with Crippen LogP contribution in [0.25, 0.3) is 5.57 Å². The summed E-state index contributed by atoms with van der Waals surface area (Å²) in [6.45, 7) is 9.46. The summed E-state index contributed by atoms with van der Waals surface area (Å²) >= 11 is 1.65. The number of hydrogen-bond donors (Lipinski definition) is 2. The van der Waals surface area contributed by atoms with Gasteiger partial charge in [0.2, 0.25) is 0 Å². The number of allylic oxidation sites excluding steroid dienone is 2. The Labute approximate surface area is 172 Å². The van der Waals surface area contributed by atoms with Gasteiger partial charge < -0.3 is 10.2 Å². The fourth-order valence-electron chi connectivity index (χ4n) is 4.18. The second kappa shape index (κ2) is 8.74. The van der Waals surface area contributed by atoms with Crippen molar-refractivity contribution >= 4 is 28.4 Å². The van der Waals surface area contributed by atoms with E-state index >= 15 is 0 Å². The number of thiazole rings is 1. The Bertz CT molecular complexity index is 899. The first-order valence-corrected chi connectivity index (χ1v) is 10.8. The highest BCUT2D eigenvalue weighted by atomic mass is 32.1. The number of nitrogens with one attached hydrogen (secondary N) is 2. The molecule has 2 heterocycles. The molecule has 1 fully saturated rings. The SMILES string of the molecule is CC/C=C(\C(NC)=C1/CCCN(c2c(C)cc(C)cc2C)C1=N)c1nccs1. The summed E-state index contributed by atoms with van der Waals surface area (Å²) in [7, 11) is 1.95. The van der Waals surface area contributed by atoms with Crippen LogP contribution in [0.2, 0.25) is 0 Å². The predicted octanol–water partition coefficient (Wildman–Crippen LogP) is 5.61. The summed E-state index contributed by atoms with van der Waals surface area (Å²) < 4.78 is 0. The van der Waals surface area contributed by atoms with E-state index in [-0.39, 0.29) is 0 Å². The highest BCUT2D eigenvalue weighted by molar-refractivity contribution is 7.10. The minimum Gasteiger partial charge on any atom is -0.387 e. The van der Waals surface area contributed by atoms with E-state index < -0.39 is 0 Å². The average Bonchev–Trinajstić information content (AvgIpc) is 3.17. The Morgan fingerprint density at radius 3 is 2.57 bits per heavy atom. The van der Waals surface area contributed by atoms with Gasteiger partial charge in [0.1, 0.15) is 10.8 Å². The molecule has 0 saturated carbocycles. The molecule has 1 aromatic heterocycles. The molecule has 0 radical (unpaired) electrons. The summed E-state index contributed by atoms with van der Waals surface area (Å²) in [5.74, 6) is 0.601. The molecule has 3 rings (SSSR count). The van der Waals surface area contributed by atoms with Gasteiger partial charge in [0.05, 0.1) is 5.70 Å². The summed E-state index contributed by atoms with van der Waals surface area (Å²) in [5.41, 5.74) is 8.14. The van der Waals surface area contributed by atoms with Gasteiger partial charge in [0, 0.05) is 42.0 Å². The molecule has 0 atom stereocenters. The third-order valence-corrected chi connectivity index (χ3v) is 5.97. The lowest BCUT2D eigenvalue weighted by Crippen LogP contribution is -2.39. The minimum absolute atomic E-state index is 0.601. The van der Waals surface area contributed by atoms with Crippen LogP contribution in [0.1, 0.15) is 47.9 Å². The Morgan fingerprint density at radius 2 is 2.00 bits per heavy atom. The van der Waals surface area contributed by atoms with Crippen LogP contribution in [-0.2, 0) is 0 Å². The van der Waals surface area contributed by atoms with Crippen LogP contribution < -0.4 is 10.2 Å². The zero-order chi connectivity index (χ0) is 20.3. The topological polar surface area (TPSA) is 52.0 Å². The zero-order valence-electron chi connectivity index (χ0n) is 17.5. The maximum absolute atomic E-state index is 9.06. The first kappa shape index (κ1) is 20.3. The number of likely N-dealkylation sites (N-methyl/N-ethyl adjacent to an activating group) is 1. The lowest BCUT2D eigenvalue weighted by molar-refractivity contribution is 0.769. The molecule has 2 aromatic rings. The van der Waals surface area contributed by atoms with Crippen LogP contribution in [-0.4, -0.2) is 24.4 Å². The summed E-state index contributed by atoms with van der Waals surface area (Å²) in [4.78, 5) is 6.72. The van der Waals surface area contributed by atoms with Crippen molar-refractivity contribution in [3.63, 3.8) is 0 Å². The average molecular weight is 395 g/mol. The van der Waals surface area contributed by atoms with Gasteiger partial charge in [-0.05, 0) is 51.2 Å². The van der Waals surface area contributed by atoms with Gasteiger partial charge in [-0.2, -0.15) is 0 Å². The van der Waals surface area contributed by atoms with Gasteiger partial charge in [-0.3, -0.25) is 5.41 Å². The molecule has 2 N–H and O–H groups in total. The second-order valence-electron chi connectivity index (χ2n) is 7.32. The van der Waals surface area contributed by atoms with Crippen LogP contribution in [0, 0.1) is 26.2 Å². The van der Waals surface area contributed by atoms with Gasteiger partial charge in [-0.1, -0.05) is 30.7 Å². The maximum Gasteiger partial charge on any atom is 0.130 e. The molecule has 148 valence electrons. The van der Waals surface area contributed by atoms with Crippen LogP contribution in [0.4, 0.5) is 5.69 Å². The van der Waals surface area contributed by atoms with Crippen LogP contribution in [0.5, 0.6) is 0 Å². The zero-order valence-corrected chi connectivity index (χ0v) is 18.3. The van der Waals surface area contributed by atoms with E-state index in [2.05, 4.69) is 61.1 Å². The monoisotopic (exact) mass is 394 g/mol. The van der Waals surface area contributed by atoms with E-state index in [0.717, 1.165) is 47.7 Å². The van der Waals surface area contributed by atoms with Crippen molar-refractivity contribution in [2.75, 3.05) is 18.5 Å². The van der Waals surface area contributed by atoms with Crippen molar-refractivity contribution in [3.05, 3.63) is 62.8 Å². The first-order chi connectivity index (χ1) is 13.5. The van der Waals surface area contributed by atoms with Gasteiger partial charge in [0.25, 0.3) is 0 Å². The first-order valence-electron chi connectivity index (χ1n) is 9.93. The molecule has 28 heavy (non-hydrogen) atoms. The number of aromatic nitrogens is 1. The number of hydrogen-bond acceptors (Lipinski definition) is 4. The van der Waals surface area contributed by atoms with E-state index in [4.69, 9.17) is 5.41 Å². The molecule has 1 aliphatic heterocycles. The van der Waals surface area contributed by atoms with Gasteiger partial charge in [0.15, 0.2) is 0 Å². The lowest BCUT2D eigenvalue weighted by Gasteiger charge is -2.35. The molecule has 1 saturated heterocycles. The van der Waals surface area contributed by atoms with Crippen LogP contribution in [0.15, 0.2) is 41.1 Å². The number of amidine groups is 1. The predicted molar refractivity (Wildman–Crippen MR) is 121 cm³/mol. The normalized spacial score (nSPS) is 17.1. The number of aryl methyl sites for hydroxylation is 3. The molecule has 4 nitrogen and oxygen atoms in total.